The summed E-state index contributed by atoms with van der Waals surface area (Å²) in [6.07, 6.45) is 4.21. The Morgan fingerprint density at radius 1 is 1.50 bits per heavy atom. The Morgan fingerprint density at radius 3 is 2.83 bits per heavy atom. The fraction of sp³-hybridized carbons (Fsp3) is 0.538. The van der Waals surface area contributed by atoms with Crippen LogP contribution in [0.1, 0.15) is 34.8 Å². The molecule has 0 radical (unpaired) electrons. The number of ether oxygens (including phenoxy) is 2. The van der Waals surface area contributed by atoms with Crippen LogP contribution in [0.4, 0.5) is 5.69 Å². The van der Waals surface area contributed by atoms with Crippen molar-refractivity contribution >= 4 is 11.7 Å². The summed E-state index contributed by atoms with van der Waals surface area (Å²) < 4.78 is 9.88. The van der Waals surface area contributed by atoms with Crippen molar-refractivity contribution in [2.75, 3.05) is 25.6 Å². The molecule has 5 nitrogen and oxygen atoms in total. The van der Waals surface area contributed by atoms with Crippen LogP contribution in [0.25, 0.3) is 0 Å². The molecule has 1 aromatic heterocycles. The zero-order valence-corrected chi connectivity index (χ0v) is 10.3. The van der Waals surface area contributed by atoms with Gasteiger partial charge in [0.2, 0.25) is 0 Å². The van der Waals surface area contributed by atoms with Gasteiger partial charge in [0.05, 0.1) is 32.1 Å². The third-order valence-electron chi connectivity index (χ3n) is 3.33. The Morgan fingerprint density at radius 2 is 2.28 bits per heavy atom. The van der Waals surface area contributed by atoms with Crippen LogP contribution in [0.15, 0.2) is 12.3 Å². The zero-order chi connectivity index (χ0) is 12.5. The lowest BCUT2D eigenvalue weighted by molar-refractivity contribution is 0.0210. The van der Waals surface area contributed by atoms with Crippen molar-refractivity contribution in [1.82, 2.24) is 4.98 Å². The smallest absolute Gasteiger partial charge is 0.358 e. The number of pyridine rings is 1. The van der Waals surface area contributed by atoms with E-state index in [1.807, 2.05) is 6.07 Å². The van der Waals surface area contributed by atoms with Crippen LogP contribution in [0, 0.1) is 0 Å². The normalized spacial score (nSPS) is 19.2. The first-order chi connectivity index (χ1) is 8.78. The van der Waals surface area contributed by atoms with Gasteiger partial charge < -0.3 is 14.8 Å². The highest BCUT2D eigenvalue weighted by Crippen LogP contribution is 2.40. The number of methoxy groups -OCH3 is 1. The van der Waals surface area contributed by atoms with Crippen molar-refractivity contribution in [3.05, 3.63) is 23.5 Å². The lowest BCUT2D eigenvalue weighted by Crippen LogP contribution is -2.40. The summed E-state index contributed by atoms with van der Waals surface area (Å²) in [6.45, 7) is 1.35. The second-order valence-corrected chi connectivity index (χ2v) is 4.81. The molecule has 5 heteroatoms. The third-order valence-corrected chi connectivity index (χ3v) is 3.33. The molecule has 2 fully saturated rings. The quantitative estimate of drug-likeness (QED) is 0.819. The van der Waals surface area contributed by atoms with Gasteiger partial charge in [-0.3, -0.25) is 0 Å². The summed E-state index contributed by atoms with van der Waals surface area (Å²) >= 11 is 0. The van der Waals surface area contributed by atoms with E-state index in [-0.39, 0.29) is 6.04 Å². The molecular formula is C13H16N2O3. The molecule has 0 bridgehead atoms. The molecule has 96 valence electrons. The largest absolute Gasteiger partial charge is 0.464 e. The average molecular weight is 248 g/mol. The fourth-order valence-corrected chi connectivity index (χ4v) is 2.03. The zero-order valence-electron chi connectivity index (χ0n) is 10.3. The first kappa shape index (κ1) is 11.5. The number of hydrogen-bond donors (Lipinski definition) is 1. The Labute approximate surface area is 105 Å². The minimum absolute atomic E-state index is 0.268. The van der Waals surface area contributed by atoms with E-state index in [1.54, 1.807) is 6.20 Å². The molecule has 1 aliphatic carbocycles. The van der Waals surface area contributed by atoms with Gasteiger partial charge in [-0.15, -0.1) is 0 Å². The molecule has 0 amide bonds. The predicted molar refractivity (Wildman–Crippen MR) is 65.8 cm³/mol. The SMILES string of the molecule is COC(=O)c1ncc(C2CC2)cc1NC1COC1. The van der Waals surface area contributed by atoms with E-state index >= 15 is 0 Å². The Kier molecular flexibility index (Phi) is 2.91. The van der Waals surface area contributed by atoms with E-state index in [0.717, 1.165) is 5.69 Å². The lowest BCUT2D eigenvalue weighted by atomic mass is 10.1. The molecular weight excluding hydrogens is 232 g/mol. The summed E-state index contributed by atoms with van der Waals surface area (Å²) in [5.74, 6) is 0.211. The molecule has 2 aliphatic rings. The van der Waals surface area contributed by atoms with Crippen LogP contribution in [0.2, 0.25) is 0 Å². The topological polar surface area (TPSA) is 60.5 Å². The fourth-order valence-electron chi connectivity index (χ4n) is 2.03. The number of nitrogens with zero attached hydrogens (tertiary/aromatic N) is 1. The van der Waals surface area contributed by atoms with Crippen molar-refractivity contribution in [1.29, 1.82) is 0 Å². The number of anilines is 1. The van der Waals surface area contributed by atoms with Crippen LogP contribution in [-0.4, -0.2) is 37.3 Å². The summed E-state index contributed by atoms with van der Waals surface area (Å²) in [4.78, 5) is 15.9. The van der Waals surface area contributed by atoms with Gasteiger partial charge in [0.25, 0.3) is 0 Å². The van der Waals surface area contributed by atoms with Crippen molar-refractivity contribution in [2.24, 2.45) is 0 Å². The number of hydrogen-bond acceptors (Lipinski definition) is 5. The third kappa shape index (κ3) is 2.18. The molecule has 1 saturated carbocycles. The molecule has 1 N–H and O–H groups in total. The van der Waals surface area contributed by atoms with Gasteiger partial charge in [-0.2, -0.15) is 0 Å². The summed E-state index contributed by atoms with van der Waals surface area (Å²) in [5.41, 5.74) is 2.32. The van der Waals surface area contributed by atoms with E-state index in [9.17, 15) is 4.79 Å². The minimum Gasteiger partial charge on any atom is -0.464 e. The predicted octanol–water partition coefficient (Wildman–Crippen LogP) is 1.56. The summed E-state index contributed by atoms with van der Waals surface area (Å²) in [7, 11) is 1.37. The van der Waals surface area contributed by atoms with Crippen molar-refractivity contribution in [3.8, 4) is 0 Å². The van der Waals surface area contributed by atoms with Crippen LogP contribution in [0.5, 0.6) is 0 Å². The van der Waals surface area contributed by atoms with E-state index in [1.165, 1.54) is 25.5 Å². The van der Waals surface area contributed by atoms with Gasteiger partial charge in [-0.1, -0.05) is 0 Å². The maximum Gasteiger partial charge on any atom is 0.358 e. The number of aromatic nitrogens is 1. The number of carbonyl (C=O) groups excluding carboxylic acids is 1. The van der Waals surface area contributed by atoms with Crippen molar-refractivity contribution < 1.29 is 14.3 Å². The average Bonchev–Trinajstić information content (AvgIpc) is 3.17. The standard InChI is InChI=1S/C13H16N2O3/c1-17-13(16)12-11(15-10-6-18-7-10)4-9(5-14-12)8-2-3-8/h4-5,8,10,15H,2-3,6-7H2,1H3. The number of nitrogens with one attached hydrogen (secondary N) is 1. The molecule has 18 heavy (non-hydrogen) atoms. The van der Waals surface area contributed by atoms with E-state index < -0.39 is 5.97 Å². The van der Waals surface area contributed by atoms with Gasteiger partial charge in [-0.25, -0.2) is 9.78 Å². The first-order valence-electron chi connectivity index (χ1n) is 6.20. The first-order valence-corrected chi connectivity index (χ1v) is 6.20. The van der Waals surface area contributed by atoms with E-state index in [2.05, 4.69) is 10.3 Å². The van der Waals surface area contributed by atoms with Crippen LogP contribution < -0.4 is 5.32 Å². The molecule has 0 unspecified atom stereocenters. The maximum atomic E-state index is 11.7. The van der Waals surface area contributed by atoms with Gasteiger partial charge >= 0.3 is 5.97 Å². The monoisotopic (exact) mass is 248 g/mol. The highest BCUT2D eigenvalue weighted by Gasteiger charge is 2.27. The maximum absolute atomic E-state index is 11.7. The van der Waals surface area contributed by atoms with Crippen LogP contribution in [0.3, 0.4) is 0 Å². The highest BCUT2D eigenvalue weighted by molar-refractivity contribution is 5.93. The number of rotatable bonds is 4. The molecule has 0 spiro atoms. The molecule has 1 aromatic rings. The van der Waals surface area contributed by atoms with E-state index in [4.69, 9.17) is 9.47 Å². The molecule has 2 heterocycles. The Bertz CT molecular complexity index is 467. The van der Waals surface area contributed by atoms with Gasteiger partial charge in [0.1, 0.15) is 0 Å². The van der Waals surface area contributed by atoms with Crippen LogP contribution in [-0.2, 0) is 9.47 Å². The molecule has 0 atom stereocenters. The highest BCUT2D eigenvalue weighted by atomic mass is 16.5. The lowest BCUT2D eigenvalue weighted by Gasteiger charge is -2.28. The number of carbonyl (C=O) groups is 1. The number of esters is 1. The molecule has 1 aliphatic heterocycles. The molecule has 3 rings (SSSR count). The minimum atomic E-state index is -0.403. The summed E-state index contributed by atoms with van der Waals surface area (Å²) in [5, 5.41) is 3.30. The Balaban J connectivity index is 1.88. The molecule has 0 aromatic carbocycles. The van der Waals surface area contributed by atoms with Crippen molar-refractivity contribution in [2.45, 2.75) is 24.8 Å². The molecule has 1 saturated heterocycles. The van der Waals surface area contributed by atoms with E-state index in [0.29, 0.717) is 24.8 Å². The second kappa shape index (κ2) is 4.57. The second-order valence-electron chi connectivity index (χ2n) is 4.81. The van der Waals surface area contributed by atoms with Gasteiger partial charge in [-0.05, 0) is 30.4 Å². The van der Waals surface area contributed by atoms with Gasteiger partial charge in [0.15, 0.2) is 5.69 Å². The van der Waals surface area contributed by atoms with Gasteiger partial charge in [0, 0.05) is 6.20 Å². The van der Waals surface area contributed by atoms with Crippen molar-refractivity contribution in [3.63, 3.8) is 0 Å². The Hall–Kier alpha value is -1.62. The van der Waals surface area contributed by atoms with Crippen LogP contribution >= 0.6 is 0 Å². The summed E-state index contributed by atoms with van der Waals surface area (Å²) in [6, 6.07) is 2.29.